The van der Waals surface area contributed by atoms with E-state index in [1.165, 1.54) is 12.1 Å². The maximum Gasteiger partial charge on any atom is 0.292 e. The number of hydrogen-bond acceptors (Lipinski definition) is 4. The molecular weight excluding hydrogens is 330 g/mol. The second kappa shape index (κ2) is 6.90. The van der Waals surface area contributed by atoms with Crippen LogP contribution in [-0.2, 0) is 6.54 Å². The molecule has 0 saturated heterocycles. The number of hydrogen-bond donors (Lipinski definition) is 2. The molecule has 0 atom stereocenters. The van der Waals surface area contributed by atoms with Gasteiger partial charge in [0.25, 0.3) is 5.91 Å². The minimum absolute atomic E-state index is 0.0929. The van der Waals surface area contributed by atoms with Gasteiger partial charge in [0.2, 0.25) is 0 Å². The van der Waals surface area contributed by atoms with Gasteiger partial charge in [-0.25, -0.2) is 4.68 Å². The van der Waals surface area contributed by atoms with Crippen molar-refractivity contribution in [1.82, 2.24) is 9.78 Å². The number of aliphatic hydroxyl groups is 1. The molecule has 124 valence electrons. The van der Waals surface area contributed by atoms with E-state index in [4.69, 9.17) is 16.0 Å². The molecule has 2 N–H and O–H groups in total. The van der Waals surface area contributed by atoms with Crippen LogP contribution in [0.1, 0.15) is 16.1 Å². The molecule has 0 bridgehead atoms. The lowest BCUT2D eigenvalue weighted by Gasteiger charge is -2.05. The van der Waals surface area contributed by atoms with Crippen molar-refractivity contribution in [3.05, 3.63) is 59.0 Å². The van der Waals surface area contributed by atoms with Crippen molar-refractivity contribution in [3.63, 3.8) is 0 Å². The molecule has 24 heavy (non-hydrogen) atoms. The fourth-order valence-corrected chi connectivity index (χ4v) is 2.53. The molecule has 0 aliphatic carbocycles. The summed E-state index contributed by atoms with van der Waals surface area (Å²) in [6, 6.07) is 12.6. The van der Waals surface area contributed by atoms with E-state index in [2.05, 4.69) is 10.4 Å². The monoisotopic (exact) mass is 345 g/mol. The Morgan fingerprint density at radius 3 is 2.79 bits per heavy atom. The lowest BCUT2D eigenvalue weighted by molar-refractivity contribution is 0.0995. The Balaban J connectivity index is 1.92. The Bertz CT molecular complexity index is 870. The molecule has 3 aromatic rings. The van der Waals surface area contributed by atoms with Gasteiger partial charge in [-0.15, -0.1) is 0 Å². The van der Waals surface area contributed by atoms with Gasteiger partial charge in [0, 0.05) is 11.6 Å². The first-order valence-electron chi connectivity index (χ1n) is 7.40. The molecule has 3 rings (SSSR count). The first kappa shape index (κ1) is 16.3. The van der Waals surface area contributed by atoms with E-state index >= 15 is 0 Å². The number of furan rings is 1. The third-order valence-corrected chi connectivity index (χ3v) is 3.75. The van der Waals surface area contributed by atoms with E-state index < -0.39 is 5.91 Å². The van der Waals surface area contributed by atoms with Gasteiger partial charge in [-0.05, 0) is 36.2 Å². The third-order valence-electron chi connectivity index (χ3n) is 3.55. The number of rotatable bonds is 5. The lowest BCUT2D eigenvalue weighted by Crippen LogP contribution is -2.16. The number of nitrogens with zero attached hydrogens (tertiary/aromatic N) is 2. The molecule has 0 aliphatic heterocycles. The molecule has 1 amide bonds. The minimum atomic E-state index is -0.433. The number of benzene rings is 1. The van der Waals surface area contributed by atoms with E-state index in [1.807, 2.05) is 31.2 Å². The Hall–Kier alpha value is -2.57. The van der Waals surface area contributed by atoms with E-state index in [9.17, 15) is 9.90 Å². The molecule has 6 nitrogen and oxygen atoms in total. The van der Waals surface area contributed by atoms with Crippen LogP contribution in [0.15, 0.2) is 46.9 Å². The summed E-state index contributed by atoms with van der Waals surface area (Å²) in [6.07, 6.45) is 0. The van der Waals surface area contributed by atoms with Crippen LogP contribution in [-0.4, -0.2) is 27.4 Å². The van der Waals surface area contributed by atoms with E-state index in [-0.39, 0.29) is 24.1 Å². The maximum atomic E-state index is 12.2. The average molecular weight is 346 g/mol. The number of amides is 1. The van der Waals surface area contributed by atoms with Gasteiger partial charge < -0.3 is 14.8 Å². The first-order chi connectivity index (χ1) is 11.6. The SMILES string of the molecule is Cc1ccccc1-c1cc(NC(=O)c2ccc(Cl)o2)n(CCO)n1. The highest BCUT2D eigenvalue weighted by molar-refractivity contribution is 6.29. The number of nitrogens with one attached hydrogen (secondary N) is 1. The molecular formula is C17H16ClN3O3. The zero-order valence-corrected chi connectivity index (χ0v) is 13.7. The normalized spacial score (nSPS) is 10.8. The van der Waals surface area contributed by atoms with E-state index in [0.717, 1.165) is 11.1 Å². The molecule has 2 heterocycles. The number of aliphatic hydroxyl groups excluding tert-OH is 1. The van der Waals surface area contributed by atoms with Crippen LogP contribution < -0.4 is 5.32 Å². The van der Waals surface area contributed by atoms with E-state index in [0.29, 0.717) is 11.5 Å². The maximum absolute atomic E-state index is 12.2. The third kappa shape index (κ3) is 3.34. The molecule has 0 fully saturated rings. The van der Waals surface area contributed by atoms with Crippen molar-refractivity contribution in [3.8, 4) is 11.3 Å². The molecule has 1 aromatic carbocycles. The van der Waals surface area contributed by atoms with Crippen molar-refractivity contribution in [1.29, 1.82) is 0 Å². The van der Waals surface area contributed by atoms with Crippen LogP contribution in [0, 0.1) is 6.92 Å². The van der Waals surface area contributed by atoms with Gasteiger partial charge >= 0.3 is 0 Å². The van der Waals surface area contributed by atoms with Crippen LogP contribution in [0.3, 0.4) is 0 Å². The lowest BCUT2D eigenvalue weighted by atomic mass is 10.1. The highest BCUT2D eigenvalue weighted by Crippen LogP contribution is 2.25. The van der Waals surface area contributed by atoms with Crippen molar-refractivity contribution >= 4 is 23.3 Å². The van der Waals surface area contributed by atoms with Crippen LogP contribution in [0.5, 0.6) is 0 Å². The van der Waals surface area contributed by atoms with Gasteiger partial charge in [-0.1, -0.05) is 24.3 Å². The highest BCUT2D eigenvalue weighted by Gasteiger charge is 2.16. The summed E-state index contributed by atoms with van der Waals surface area (Å²) in [5.74, 6) is 0.145. The van der Waals surface area contributed by atoms with Gasteiger partial charge in [-0.3, -0.25) is 4.79 Å². The van der Waals surface area contributed by atoms with Crippen LogP contribution in [0.25, 0.3) is 11.3 Å². The van der Waals surface area contributed by atoms with E-state index in [1.54, 1.807) is 10.7 Å². The number of anilines is 1. The topological polar surface area (TPSA) is 80.3 Å². The number of aromatic nitrogens is 2. The van der Waals surface area contributed by atoms with Gasteiger partial charge in [0.1, 0.15) is 5.82 Å². The fraction of sp³-hybridized carbons (Fsp3) is 0.176. The predicted molar refractivity (Wildman–Crippen MR) is 91.2 cm³/mol. The van der Waals surface area contributed by atoms with Gasteiger partial charge in [0.05, 0.1) is 18.8 Å². The van der Waals surface area contributed by atoms with Gasteiger partial charge in [-0.2, -0.15) is 5.10 Å². The second-order valence-corrected chi connectivity index (χ2v) is 5.61. The largest absolute Gasteiger partial charge is 0.440 e. The summed E-state index contributed by atoms with van der Waals surface area (Å²) in [7, 11) is 0. The summed E-state index contributed by atoms with van der Waals surface area (Å²) >= 11 is 5.69. The predicted octanol–water partition coefficient (Wildman–Crippen LogP) is 3.35. The number of carbonyl (C=O) groups is 1. The van der Waals surface area contributed by atoms with Crippen molar-refractivity contribution in [2.45, 2.75) is 13.5 Å². The summed E-state index contributed by atoms with van der Waals surface area (Å²) < 4.78 is 6.65. The summed E-state index contributed by atoms with van der Waals surface area (Å²) in [5, 5.41) is 16.6. The minimum Gasteiger partial charge on any atom is -0.440 e. The molecule has 7 heteroatoms. The average Bonchev–Trinajstić information content (AvgIpc) is 3.15. The smallest absolute Gasteiger partial charge is 0.292 e. The van der Waals surface area contributed by atoms with Crippen LogP contribution in [0.2, 0.25) is 5.22 Å². The van der Waals surface area contributed by atoms with Crippen molar-refractivity contribution in [2.75, 3.05) is 11.9 Å². The number of carbonyl (C=O) groups excluding carboxylic acids is 1. The molecule has 2 aromatic heterocycles. The molecule has 0 aliphatic rings. The van der Waals surface area contributed by atoms with Crippen LogP contribution in [0.4, 0.5) is 5.82 Å². The Labute approximate surface area is 143 Å². The number of aryl methyl sites for hydroxylation is 1. The molecule has 0 radical (unpaired) electrons. The summed E-state index contributed by atoms with van der Waals surface area (Å²) in [4.78, 5) is 12.2. The van der Waals surface area contributed by atoms with Crippen molar-refractivity contribution in [2.24, 2.45) is 0 Å². The first-order valence-corrected chi connectivity index (χ1v) is 7.77. The standard InChI is InChI=1S/C17H16ClN3O3/c1-11-4-2-3-5-12(11)13-10-16(21(20-13)8-9-22)19-17(23)14-6-7-15(18)24-14/h2-7,10,22H,8-9H2,1H3,(H,19,23). The quantitative estimate of drug-likeness (QED) is 0.743. The molecule has 0 saturated carbocycles. The Morgan fingerprint density at radius 2 is 2.12 bits per heavy atom. The summed E-state index contributed by atoms with van der Waals surface area (Å²) in [6.45, 7) is 2.16. The number of halogens is 1. The zero-order chi connectivity index (χ0) is 17.1. The van der Waals surface area contributed by atoms with Gasteiger partial charge in [0.15, 0.2) is 11.0 Å². The zero-order valence-electron chi connectivity index (χ0n) is 13.0. The molecule has 0 spiro atoms. The Morgan fingerprint density at radius 1 is 1.33 bits per heavy atom. The highest BCUT2D eigenvalue weighted by atomic mass is 35.5. The fourth-order valence-electron chi connectivity index (χ4n) is 2.39. The summed E-state index contributed by atoms with van der Waals surface area (Å²) in [5.41, 5.74) is 2.75. The molecule has 0 unspecified atom stereocenters. The second-order valence-electron chi connectivity index (χ2n) is 5.23. The Kier molecular flexibility index (Phi) is 4.69. The van der Waals surface area contributed by atoms with Crippen molar-refractivity contribution < 1.29 is 14.3 Å². The van der Waals surface area contributed by atoms with Crippen LogP contribution >= 0.6 is 11.6 Å².